The van der Waals surface area contributed by atoms with Gasteiger partial charge in [-0.1, -0.05) is 17.7 Å². The fourth-order valence-electron chi connectivity index (χ4n) is 1.85. The summed E-state index contributed by atoms with van der Waals surface area (Å²) < 4.78 is 13.5. The molecule has 0 aromatic heterocycles. The number of hydrogen-bond acceptors (Lipinski definition) is 2. The van der Waals surface area contributed by atoms with Crippen LogP contribution in [-0.4, -0.2) is 17.5 Å². The van der Waals surface area contributed by atoms with Gasteiger partial charge in [0.25, 0.3) is 0 Å². The summed E-state index contributed by atoms with van der Waals surface area (Å²) >= 11 is 7.95. The van der Waals surface area contributed by atoms with E-state index >= 15 is 0 Å². The van der Waals surface area contributed by atoms with Gasteiger partial charge in [-0.3, -0.25) is 0 Å². The summed E-state index contributed by atoms with van der Waals surface area (Å²) in [6, 6.07) is 5.34. The van der Waals surface area contributed by atoms with E-state index in [9.17, 15) is 4.39 Å². The molecule has 1 aliphatic heterocycles. The fourth-order valence-corrected chi connectivity index (χ4v) is 3.19. The lowest BCUT2D eigenvalue weighted by Crippen LogP contribution is -2.32. The van der Waals surface area contributed by atoms with E-state index in [1.807, 2.05) is 11.8 Å². The lowest BCUT2D eigenvalue weighted by Gasteiger charge is -2.22. The Bertz CT molecular complexity index is 333. The van der Waals surface area contributed by atoms with Crippen LogP contribution in [0.2, 0.25) is 5.02 Å². The van der Waals surface area contributed by atoms with Gasteiger partial charge in [0.1, 0.15) is 5.82 Å². The van der Waals surface area contributed by atoms with E-state index in [4.69, 9.17) is 11.6 Å². The molecule has 0 spiro atoms. The van der Waals surface area contributed by atoms with Gasteiger partial charge < -0.3 is 5.32 Å². The average Bonchev–Trinajstić information content (AvgIpc) is 2.30. The summed E-state index contributed by atoms with van der Waals surface area (Å²) in [6.45, 7) is 0.529. The Balaban J connectivity index is 1.93. The maximum Gasteiger partial charge on any atom is 0.129 e. The Hall–Kier alpha value is -0.250. The molecule has 0 atom stereocenters. The van der Waals surface area contributed by atoms with E-state index in [1.54, 1.807) is 12.1 Å². The second kappa shape index (κ2) is 5.89. The number of thioether (sulfide) groups is 1. The van der Waals surface area contributed by atoms with Crippen molar-refractivity contribution in [2.24, 2.45) is 0 Å². The van der Waals surface area contributed by atoms with Gasteiger partial charge in [-0.15, -0.1) is 0 Å². The van der Waals surface area contributed by atoms with Crippen LogP contribution in [0.15, 0.2) is 18.2 Å². The van der Waals surface area contributed by atoms with Crippen LogP contribution >= 0.6 is 23.4 Å². The van der Waals surface area contributed by atoms with Gasteiger partial charge in [0.05, 0.1) is 0 Å². The topological polar surface area (TPSA) is 12.0 Å². The predicted octanol–water partition coefficient (Wildman–Crippen LogP) is 3.46. The molecule has 1 heterocycles. The SMILES string of the molecule is Fc1cccc(Cl)c1CNC1CCSCC1. The summed E-state index contributed by atoms with van der Waals surface area (Å²) in [5.41, 5.74) is 0.586. The molecule has 1 aliphatic rings. The molecule has 0 amide bonds. The van der Waals surface area contributed by atoms with Crippen LogP contribution in [0.5, 0.6) is 0 Å². The predicted molar refractivity (Wildman–Crippen MR) is 68.6 cm³/mol. The molecular formula is C12H15ClFNS. The summed E-state index contributed by atoms with van der Waals surface area (Å²) in [4.78, 5) is 0. The molecule has 1 aromatic rings. The average molecular weight is 260 g/mol. The zero-order valence-corrected chi connectivity index (χ0v) is 10.6. The van der Waals surface area contributed by atoms with E-state index in [0.29, 0.717) is 23.2 Å². The van der Waals surface area contributed by atoms with Gasteiger partial charge >= 0.3 is 0 Å². The van der Waals surface area contributed by atoms with E-state index in [0.717, 1.165) is 12.8 Å². The van der Waals surface area contributed by atoms with Crippen LogP contribution in [0.3, 0.4) is 0 Å². The second-order valence-corrected chi connectivity index (χ2v) is 5.60. The zero-order valence-electron chi connectivity index (χ0n) is 9.01. The molecule has 1 saturated heterocycles. The van der Waals surface area contributed by atoms with Crippen LogP contribution in [0.4, 0.5) is 4.39 Å². The first-order chi connectivity index (χ1) is 7.77. The van der Waals surface area contributed by atoms with Crippen LogP contribution in [-0.2, 0) is 6.54 Å². The van der Waals surface area contributed by atoms with Crippen molar-refractivity contribution in [2.45, 2.75) is 25.4 Å². The van der Waals surface area contributed by atoms with E-state index in [1.165, 1.54) is 17.6 Å². The Morgan fingerprint density at radius 2 is 2.12 bits per heavy atom. The molecule has 16 heavy (non-hydrogen) atoms. The molecule has 0 aliphatic carbocycles. The lowest BCUT2D eigenvalue weighted by atomic mass is 10.1. The van der Waals surface area contributed by atoms with Crippen LogP contribution in [0, 0.1) is 5.82 Å². The van der Waals surface area contributed by atoms with Crippen molar-refractivity contribution in [2.75, 3.05) is 11.5 Å². The van der Waals surface area contributed by atoms with Crippen molar-refractivity contribution in [3.63, 3.8) is 0 Å². The molecule has 88 valence electrons. The van der Waals surface area contributed by atoms with Gasteiger partial charge in [0, 0.05) is 23.2 Å². The van der Waals surface area contributed by atoms with Gasteiger partial charge in [0.15, 0.2) is 0 Å². The highest BCUT2D eigenvalue weighted by Crippen LogP contribution is 2.21. The highest BCUT2D eigenvalue weighted by atomic mass is 35.5. The third-order valence-electron chi connectivity index (χ3n) is 2.85. The molecule has 1 fully saturated rings. The van der Waals surface area contributed by atoms with E-state index < -0.39 is 0 Å². The van der Waals surface area contributed by atoms with Gasteiger partial charge in [0.2, 0.25) is 0 Å². The van der Waals surface area contributed by atoms with Crippen molar-refractivity contribution in [1.29, 1.82) is 0 Å². The summed E-state index contributed by atoms with van der Waals surface area (Å²) in [6.07, 6.45) is 2.33. The van der Waals surface area contributed by atoms with Crippen molar-refractivity contribution in [3.8, 4) is 0 Å². The molecule has 2 rings (SSSR count). The molecule has 4 heteroatoms. The van der Waals surface area contributed by atoms with Gasteiger partial charge in [-0.05, 0) is 36.5 Å². The lowest BCUT2D eigenvalue weighted by molar-refractivity contribution is 0.473. The van der Waals surface area contributed by atoms with Crippen LogP contribution in [0.1, 0.15) is 18.4 Å². The Morgan fingerprint density at radius 1 is 1.38 bits per heavy atom. The standard InChI is InChI=1S/C12H15ClFNS/c13-11-2-1-3-12(14)10(11)8-15-9-4-6-16-7-5-9/h1-3,9,15H,4-8H2. The molecule has 0 radical (unpaired) electrons. The first kappa shape index (κ1) is 12.2. The minimum absolute atomic E-state index is 0.217. The van der Waals surface area contributed by atoms with E-state index in [-0.39, 0.29) is 5.82 Å². The maximum absolute atomic E-state index is 13.5. The van der Waals surface area contributed by atoms with Gasteiger partial charge in [-0.2, -0.15) is 11.8 Å². The summed E-state index contributed by atoms with van der Waals surface area (Å²) in [5.74, 6) is 2.18. The van der Waals surface area contributed by atoms with Crippen molar-refractivity contribution >= 4 is 23.4 Å². The minimum Gasteiger partial charge on any atom is -0.310 e. The first-order valence-electron chi connectivity index (χ1n) is 5.51. The Labute approximate surface area is 105 Å². The normalized spacial score (nSPS) is 17.6. The summed E-state index contributed by atoms with van der Waals surface area (Å²) in [7, 11) is 0. The highest BCUT2D eigenvalue weighted by Gasteiger charge is 2.14. The Kier molecular flexibility index (Phi) is 4.50. The number of halogens is 2. The van der Waals surface area contributed by atoms with Crippen molar-refractivity contribution in [1.82, 2.24) is 5.32 Å². The largest absolute Gasteiger partial charge is 0.310 e. The maximum atomic E-state index is 13.5. The monoisotopic (exact) mass is 259 g/mol. The van der Waals surface area contributed by atoms with Gasteiger partial charge in [-0.25, -0.2) is 4.39 Å². The van der Waals surface area contributed by atoms with Crippen LogP contribution in [0.25, 0.3) is 0 Å². The second-order valence-electron chi connectivity index (χ2n) is 3.97. The molecule has 0 unspecified atom stereocenters. The minimum atomic E-state index is -0.217. The highest BCUT2D eigenvalue weighted by molar-refractivity contribution is 7.99. The fraction of sp³-hybridized carbons (Fsp3) is 0.500. The smallest absolute Gasteiger partial charge is 0.129 e. The third-order valence-corrected chi connectivity index (χ3v) is 4.25. The van der Waals surface area contributed by atoms with Crippen molar-refractivity contribution < 1.29 is 4.39 Å². The number of hydrogen-bond donors (Lipinski definition) is 1. The third kappa shape index (κ3) is 3.12. The quantitative estimate of drug-likeness (QED) is 0.892. The number of benzene rings is 1. The molecular weight excluding hydrogens is 245 g/mol. The molecule has 0 bridgehead atoms. The molecule has 0 saturated carbocycles. The number of nitrogens with one attached hydrogen (secondary N) is 1. The number of rotatable bonds is 3. The Morgan fingerprint density at radius 3 is 2.81 bits per heavy atom. The molecule has 1 N–H and O–H groups in total. The van der Waals surface area contributed by atoms with E-state index in [2.05, 4.69) is 5.32 Å². The van der Waals surface area contributed by atoms with Crippen molar-refractivity contribution in [3.05, 3.63) is 34.6 Å². The first-order valence-corrected chi connectivity index (χ1v) is 7.04. The molecule has 1 aromatic carbocycles. The zero-order chi connectivity index (χ0) is 11.4. The summed E-state index contributed by atoms with van der Waals surface area (Å²) in [5, 5.41) is 3.89. The van der Waals surface area contributed by atoms with Crippen LogP contribution < -0.4 is 5.32 Å². The molecule has 1 nitrogen and oxygen atoms in total.